The topological polar surface area (TPSA) is 66.4 Å². The number of carbonyl (C=O) groups excluding carboxylic acids is 1. The molecule has 1 unspecified atom stereocenters. The van der Waals surface area contributed by atoms with Gasteiger partial charge < -0.3 is 10.4 Å². The Morgan fingerprint density at radius 2 is 2.00 bits per heavy atom. The van der Waals surface area contributed by atoms with Gasteiger partial charge in [0, 0.05) is 13.0 Å². The summed E-state index contributed by atoms with van der Waals surface area (Å²) in [5.41, 5.74) is 2.35. The van der Waals surface area contributed by atoms with Crippen LogP contribution in [-0.4, -0.2) is 24.0 Å². The SMILES string of the molecule is CNC(=O)C1Cc2ccc(C(=O)O)cc2C1. The Morgan fingerprint density at radius 1 is 1.31 bits per heavy atom. The fourth-order valence-corrected chi connectivity index (χ4v) is 2.14. The Morgan fingerprint density at radius 3 is 2.62 bits per heavy atom. The molecule has 0 heterocycles. The van der Waals surface area contributed by atoms with E-state index in [4.69, 9.17) is 5.11 Å². The Kier molecular flexibility index (Phi) is 2.64. The molecule has 4 heteroatoms. The second kappa shape index (κ2) is 3.96. The van der Waals surface area contributed by atoms with Crippen LogP contribution in [0.5, 0.6) is 0 Å². The minimum atomic E-state index is -0.925. The van der Waals surface area contributed by atoms with Gasteiger partial charge >= 0.3 is 5.97 Å². The zero-order valence-electron chi connectivity index (χ0n) is 8.99. The summed E-state index contributed by atoms with van der Waals surface area (Å²) in [5, 5.41) is 11.5. The van der Waals surface area contributed by atoms with E-state index >= 15 is 0 Å². The fourth-order valence-electron chi connectivity index (χ4n) is 2.14. The molecule has 1 aromatic rings. The maximum Gasteiger partial charge on any atom is 0.335 e. The second-order valence-electron chi connectivity index (χ2n) is 4.01. The van der Waals surface area contributed by atoms with Crippen molar-refractivity contribution in [2.45, 2.75) is 12.8 Å². The molecular formula is C12H13NO3. The lowest BCUT2D eigenvalue weighted by atomic mass is 10.1. The molecule has 84 valence electrons. The summed E-state index contributed by atoms with van der Waals surface area (Å²) in [6, 6.07) is 5.07. The van der Waals surface area contributed by atoms with Gasteiger partial charge in [-0.05, 0) is 36.1 Å². The third-order valence-corrected chi connectivity index (χ3v) is 3.00. The maximum atomic E-state index is 11.5. The molecule has 16 heavy (non-hydrogen) atoms. The van der Waals surface area contributed by atoms with Crippen LogP contribution in [-0.2, 0) is 17.6 Å². The van der Waals surface area contributed by atoms with Crippen LogP contribution >= 0.6 is 0 Å². The maximum absolute atomic E-state index is 11.5. The van der Waals surface area contributed by atoms with Gasteiger partial charge in [0.15, 0.2) is 0 Å². The van der Waals surface area contributed by atoms with Crippen molar-refractivity contribution in [3.63, 3.8) is 0 Å². The quantitative estimate of drug-likeness (QED) is 0.774. The summed E-state index contributed by atoms with van der Waals surface area (Å²) in [7, 11) is 1.62. The van der Waals surface area contributed by atoms with Crippen LogP contribution in [0, 0.1) is 5.92 Å². The van der Waals surface area contributed by atoms with Gasteiger partial charge in [0.1, 0.15) is 0 Å². The molecule has 1 amide bonds. The van der Waals surface area contributed by atoms with Crippen LogP contribution in [0.2, 0.25) is 0 Å². The molecule has 1 aliphatic carbocycles. The lowest BCUT2D eigenvalue weighted by molar-refractivity contribution is -0.124. The number of carboxylic acids is 1. The van der Waals surface area contributed by atoms with Crippen molar-refractivity contribution in [1.82, 2.24) is 5.32 Å². The smallest absolute Gasteiger partial charge is 0.335 e. The molecule has 1 aromatic carbocycles. The number of hydrogen-bond donors (Lipinski definition) is 2. The normalized spacial score (nSPS) is 17.9. The lowest BCUT2D eigenvalue weighted by Gasteiger charge is -2.05. The fraction of sp³-hybridized carbons (Fsp3) is 0.333. The highest BCUT2D eigenvalue weighted by molar-refractivity contribution is 5.88. The molecule has 4 nitrogen and oxygen atoms in total. The van der Waals surface area contributed by atoms with Crippen molar-refractivity contribution >= 4 is 11.9 Å². The van der Waals surface area contributed by atoms with Gasteiger partial charge in [-0.3, -0.25) is 4.79 Å². The number of benzene rings is 1. The highest BCUT2D eigenvalue weighted by Crippen LogP contribution is 2.27. The summed E-state index contributed by atoms with van der Waals surface area (Å²) in [4.78, 5) is 22.3. The number of hydrogen-bond acceptors (Lipinski definition) is 2. The average molecular weight is 219 g/mol. The van der Waals surface area contributed by atoms with Gasteiger partial charge in [-0.25, -0.2) is 4.79 Å². The number of carbonyl (C=O) groups is 2. The number of nitrogens with one attached hydrogen (secondary N) is 1. The Balaban J connectivity index is 2.24. The summed E-state index contributed by atoms with van der Waals surface area (Å²) >= 11 is 0. The average Bonchev–Trinajstić information content (AvgIpc) is 2.70. The molecule has 0 fully saturated rings. The van der Waals surface area contributed by atoms with Gasteiger partial charge in [-0.2, -0.15) is 0 Å². The minimum absolute atomic E-state index is 0.0214. The first-order chi connectivity index (χ1) is 7.61. The van der Waals surface area contributed by atoms with Crippen molar-refractivity contribution in [3.05, 3.63) is 34.9 Å². The zero-order chi connectivity index (χ0) is 11.7. The standard InChI is InChI=1S/C12H13NO3/c1-13-11(14)10-4-7-2-3-8(12(15)16)5-9(7)6-10/h2-3,5,10H,4,6H2,1H3,(H,13,14)(H,15,16). The van der Waals surface area contributed by atoms with Crippen LogP contribution in [0.4, 0.5) is 0 Å². The Labute approximate surface area is 93.3 Å². The summed E-state index contributed by atoms with van der Waals surface area (Å²) in [6.45, 7) is 0. The molecule has 2 N–H and O–H groups in total. The van der Waals surface area contributed by atoms with Crippen LogP contribution in [0.25, 0.3) is 0 Å². The van der Waals surface area contributed by atoms with Crippen molar-refractivity contribution in [2.75, 3.05) is 7.05 Å². The van der Waals surface area contributed by atoms with E-state index in [0.29, 0.717) is 12.8 Å². The molecule has 0 saturated carbocycles. The zero-order valence-corrected chi connectivity index (χ0v) is 8.99. The minimum Gasteiger partial charge on any atom is -0.478 e. The van der Waals surface area contributed by atoms with E-state index in [2.05, 4.69) is 5.32 Å². The predicted molar refractivity (Wildman–Crippen MR) is 58.4 cm³/mol. The van der Waals surface area contributed by atoms with E-state index in [-0.39, 0.29) is 17.4 Å². The van der Waals surface area contributed by atoms with Gasteiger partial charge in [0.2, 0.25) is 5.91 Å². The van der Waals surface area contributed by atoms with Gasteiger partial charge in [0.05, 0.1) is 5.56 Å². The lowest BCUT2D eigenvalue weighted by Crippen LogP contribution is -2.27. The van der Waals surface area contributed by atoms with Crippen LogP contribution in [0.1, 0.15) is 21.5 Å². The Hall–Kier alpha value is -1.84. The van der Waals surface area contributed by atoms with E-state index < -0.39 is 5.97 Å². The molecule has 0 radical (unpaired) electrons. The van der Waals surface area contributed by atoms with Crippen LogP contribution in [0.3, 0.4) is 0 Å². The molecule has 0 bridgehead atoms. The number of carboxylic acid groups (broad SMARTS) is 1. The Bertz CT molecular complexity index is 454. The van der Waals surface area contributed by atoms with Gasteiger partial charge in [0.25, 0.3) is 0 Å². The predicted octanol–water partition coefficient (Wildman–Crippen LogP) is 0.846. The number of rotatable bonds is 2. The molecule has 0 saturated heterocycles. The van der Waals surface area contributed by atoms with Crippen LogP contribution in [0.15, 0.2) is 18.2 Å². The summed E-state index contributed by atoms with van der Waals surface area (Å²) < 4.78 is 0. The van der Waals surface area contributed by atoms with Crippen molar-refractivity contribution in [1.29, 1.82) is 0 Å². The third-order valence-electron chi connectivity index (χ3n) is 3.00. The number of fused-ring (bicyclic) bond motifs is 1. The third kappa shape index (κ3) is 1.78. The van der Waals surface area contributed by atoms with E-state index in [0.717, 1.165) is 11.1 Å². The van der Waals surface area contributed by atoms with Crippen molar-refractivity contribution in [2.24, 2.45) is 5.92 Å². The molecule has 0 aromatic heterocycles. The molecule has 0 spiro atoms. The molecule has 1 atom stereocenters. The summed E-state index contributed by atoms with van der Waals surface area (Å²) in [6.07, 6.45) is 1.34. The first-order valence-corrected chi connectivity index (χ1v) is 5.18. The largest absolute Gasteiger partial charge is 0.478 e. The van der Waals surface area contributed by atoms with Gasteiger partial charge in [-0.1, -0.05) is 6.07 Å². The number of amides is 1. The number of aromatic carboxylic acids is 1. The van der Waals surface area contributed by atoms with E-state index in [1.54, 1.807) is 19.2 Å². The van der Waals surface area contributed by atoms with Crippen molar-refractivity contribution < 1.29 is 14.7 Å². The first-order valence-electron chi connectivity index (χ1n) is 5.18. The van der Waals surface area contributed by atoms with E-state index in [1.165, 1.54) is 0 Å². The van der Waals surface area contributed by atoms with E-state index in [9.17, 15) is 9.59 Å². The second-order valence-corrected chi connectivity index (χ2v) is 4.01. The molecule has 1 aliphatic rings. The van der Waals surface area contributed by atoms with Crippen LogP contribution < -0.4 is 5.32 Å². The van der Waals surface area contributed by atoms with E-state index in [1.807, 2.05) is 6.07 Å². The monoisotopic (exact) mass is 219 g/mol. The highest BCUT2D eigenvalue weighted by atomic mass is 16.4. The van der Waals surface area contributed by atoms with Gasteiger partial charge in [-0.15, -0.1) is 0 Å². The summed E-state index contributed by atoms with van der Waals surface area (Å²) in [5.74, 6) is -0.955. The molecular weight excluding hydrogens is 206 g/mol. The highest BCUT2D eigenvalue weighted by Gasteiger charge is 2.27. The first kappa shape index (κ1) is 10.7. The molecule has 2 rings (SSSR count). The van der Waals surface area contributed by atoms with Crippen molar-refractivity contribution in [3.8, 4) is 0 Å². The molecule has 0 aliphatic heterocycles.